The fourth-order valence-corrected chi connectivity index (χ4v) is 2.92. The molecule has 2 nitrogen and oxygen atoms in total. The molecule has 1 aromatic carbocycles. The van der Waals surface area contributed by atoms with E-state index < -0.39 is 29.0 Å². The molecule has 1 aromatic rings. The Morgan fingerprint density at radius 2 is 1.74 bits per heavy atom. The number of amides is 1. The maximum Gasteiger partial charge on any atom is 0.458 e. The van der Waals surface area contributed by atoms with Crippen LogP contribution in [-0.4, -0.2) is 12.1 Å². The van der Waals surface area contributed by atoms with Crippen molar-refractivity contribution < 1.29 is 26.7 Å². The van der Waals surface area contributed by atoms with Crippen LogP contribution in [0.2, 0.25) is 0 Å². The van der Waals surface area contributed by atoms with Gasteiger partial charge in [-0.1, -0.05) is 25.1 Å². The molecule has 128 valence electrons. The van der Waals surface area contributed by atoms with Gasteiger partial charge < -0.3 is 5.73 Å². The van der Waals surface area contributed by atoms with E-state index in [-0.39, 0.29) is 12.3 Å². The predicted molar refractivity (Wildman–Crippen MR) is 74.9 cm³/mol. The Bertz CT molecular complexity index is 594. The third kappa shape index (κ3) is 3.48. The zero-order valence-corrected chi connectivity index (χ0v) is 12.6. The molecule has 0 spiro atoms. The first kappa shape index (κ1) is 17.7. The predicted octanol–water partition coefficient (Wildman–Crippen LogP) is 4.27. The van der Waals surface area contributed by atoms with Crippen molar-refractivity contribution in [3.63, 3.8) is 0 Å². The average Bonchev–Trinajstić information content (AvgIpc) is 3.28. The summed E-state index contributed by atoms with van der Waals surface area (Å²) >= 11 is 0. The van der Waals surface area contributed by atoms with Gasteiger partial charge in [0.05, 0.1) is 0 Å². The molecule has 1 saturated carbocycles. The Hall–Kier alpha value is -1.66. The highest BCUT2D eigenvalue weighted by Gasteiger charge is 2.59. The molecular formula is C16H18F5NO. The summed E-state index contributed by atoms with van der Waals surface area (Å²) < 4.78 is 64.8. The molecule has 0 bridgehead atoms. The van der Waals surface area contributed by atoms with Gasteiger partial charge in [-0.2, -0.15) is 22.0 Å². The summed E-state index contributed by atoms with van der Waals surface area (Å²) in [5.74, 6) is -5.26. The molecule has 2 rings (SSSR count). The van der Waals surface area contributed by atoms with Crippen LogP contribution in [0.1, 0.15) is 43.7 Å². The summed E-state index contributed by atoms with van der Waals surface area (Å²) in [5.41, 5.74) is 3.83. The zero-order chi connectivity index (χ0) is 17.5. The SMILES string of the molecule is CC(CCC(N)=O)(c1cccc(C(F)(F)C(F)(F)F)c1)C1CC1. The van der Waals surface area contributed by atoms with E-state index in [0.29, 0.717) is 12.0 Å². The Labute approximate surface area is 130 Å². The van der Waals surface area contributed by atoms with Crippen LogP contribution >= 0.6 is 0 Å². The van der Waals surface area contributed by atoms with Crippen molar-refractivity contribution in [2.24, 2.45) is 11.7 Å². The van der Waals surface area contributed by atoms with Crippen LogP contribution in [0.25, 0.3) is 0 Å². The number of primary amides is 1. The van der Waals surface area contributed by atoms with Crippen LogP contribution in [0.5, 0.6) is 0 Å². The normalized spacial score (nSPS) is 18.5. The maximum absolute atomic E-state index is 13.6. The number of hydrogen-bond acceptors (Lipinski definition) is 1. The van der Waals surface area contributed by atoms with Gasteiger partial charge in [-0.15, -0.1) is 0 Å². The first-order valence-electron chi connectivity index (χ1n) is 7.32. The second kappa shape index (κ2) is 5.76. The zero-order valence-electron chi connectivity index (χ0n) is 12.6. The van der Waals surface area contributed by atoms with Gasteiger partial charge in [-0.05, 0) is 42.2 Å². The van der Waals surface area contributed by atoms with Crippen LogP contribution in [0.15, 0.2) is 24.3 Å². The van der Waals surface area contributed by atoms with Gasteiger partial charge >= 0.3 is 12.1 Å². The second-order valence-corrected chi connectivity index (χ2v) is 6.31. The molecule has 1 aliphatic rings. The minimum Gasteiger partial charge on any atom is -0.370 e. The average molecular weight is 335 g/mol. The van der Waals surface area contributed by atoms with Gasteiger partial charge in [0, 0.05) is 12.0 Å². The number of rotatable bonds is 6. The van der Waals surface area contributed by atoms with Gasteiger partial charge in [0.25, 0.3) is 0 Å². The summed E-state index contributed by atoms with van der Waals surface area (Å²) in [4.78, 5) is 11.0. The van der Waals surface area contributed by atoms with Gasteiger partial charge in [0.1, 0.15) is 0 Å². The Morgan fingerprint density at radius 1 is 1.17 bits per heavy atom. The molecule has 23 heavy (non-hydrogen) atoms. The van der Waals surface area contributed by atoms with E-state index in [1.165, 1.54) is 12.1 Å². The lowest BCUT2D eigenvalue weighted by atomic mass is 9.73. The first-order chi connectivity index (χ1) is 10.5. The molecule has 0 heterocycles. The highest BCUT2D eigenvalue weighted by molar-refractivity contribution is 5.73. The van der Waals surface area contributed by atoms with Crippen molar-refractivity contribution in [1.82, 2.24) is 0 Å². The van der Waals surface area contributed by atoms with Gasteiger partial charge in [0.2, 0.25) is 5.91 Å². The molecular weight excluding hydrogens is 317 g/mol. The summed E-state index contributed by atoms with van der Waals surface area (Å²) in [6, 6.07) is 4.43. The number of carbonyl (C=O) groups excluding carboxylic acids is 1. The van der Waals surface area contributed by atoms with Crippen molar-refractivity contribution in [3.05, 3.63) is 35.4 Å². The quantitative estimate of drug-likeness (QED) is 0.775. The minimum absolute atomic E-state index is 0.0624. The second-order valence-electron chi connectivity index (χ2n) is 6.31. The summed E-state index contributed by atoms with van der Waals surface area (Å²) in [5, 5.41) is 0. The number of benzene rings is 1. The molecule has 2 N–H and O–H groups in total. The van der Waals surface area contributed by atoms with Gasteiger partial charge in [-0.3, -0.25) is 4.79 Å². The third-order valence-corrected chi connectivity index (χ3v) is 4.61. The standard InChI is InChI=1S/C16H18F5NO/c1-14(10-5-6-10,8-7-13(22)23)11-3-2-4-12(9-11)15(17,18)16(19,20)21/h2-4,9-10H,5-8H2,1H3,(H2,22,23). The van der Waals surface area contributed by atoms with Crippen molar-refractivity contribution >= 4 is 5.91 Å². The fraction of sp³-hybridized carbons (Fsp3) is 0.562. The highest BCUT2D eigenvalue weighted by Crippen LogP contribution is 2.51. The lowest BCUT2D eigenvalue weighted by molar-refractivity contribution is -0.289. The molecule has 0 radical (unpaired) electrons. The van der Waals surface area contributed by atoms with Crippen molar-refractivity contribution in [2.75, 3.05) is 0 Å². The van der Waals surface area contributed by atoms with E-state index in [2.05, 4.69) is 0 Å². The van der Waals surface area contributed by atoms with Crippen LogP contribution < -0.4 is 5.73 Å². The molecule has 1 amide bonds. The third-order valence-electron chi connectivity index (χ3n) is 4.61. The molecule has 1 aliphatic carbocycles. The molecule has 1 atom stereocenters. The highest BCUT2D eigenvalue weighted by atomic mass is 19.4. The Morgan fingerprint density at radius 3 is 2.22 bits per heavy atom. The molecule has 7 heteroatoms. The van der Waals surface area contributed by atoms with Crippen LogP contribution in [0.4, 0.5) is 22.0 Å². The Kier molecular flexibility index (Phi) is 4.43. The van der Waals surface area contributed by atoms with Crippen molar-refractivity contribution in [3.8, 4) is 0 Å². The monoisotopic (exact) mass is 335 g/mol. The molecule has 1 fully saturated rings. The van der Waals surface area contributed by atoms with E-state index >= 15 is 0 Å². The lowest BCUT2D eigenvalue weighted by Gasteiger charge is -2.31. The fourth-order valence-electron chi connectivity index (χ4n) is 2.92. The van der Waals surface area contributed by atoms with E-state index in [4.69, 9.17) is 5.73 Å². The van der Waals surface area contributed by atoms with E-state index in [0.717, 1.165) is 25.0 Å². The van der Waals surface area contributed by atoms with E-state index in [9.17, 15) is 26.7 Å². The van der Waals surface area contributed by atoms with Gasteiger partial charge in [-0.25, -0.2) is 0 Å². The molecule has 1 unspecified atom stereocenters. The summed E-state index contributed by atoms with van der Waals surface area (Å²) in [7, 11) is 0. The van der Waals surface area contributed by atoms with Crippen molar-refractivity contribution in [2.45, 2.75) is 50.1 Å². The number of hydrogen-bond donors (Lipinski definition) is 1. The van der Waals surface area contributed by atoms with Gasteiger partial charge in [0.15, 0.2) is 0 Å². The molecule has 0 saturated heterocycles. The summed E-state index contributed by atoms with van der Waals surface area (Å²) in [6.07, 6.45) is -3.54. The van der Waals surface area contributed by atoms with Crippen LogP contribution in [0, 0.1) is 5.92 Å². The Balaban J connectivity index is 2.39. The van der Waals surface area contributed by atoms with Crippen LogP contribution in [-0.2, 0) is 16.1 Å². The topological polar surface area (TPSA) is 43.1 Å². The largest absolute Gasteiger partial charge is 0.458 e. The maximum atomic E-state index is 13.6. The number of alkyl halides is 5. The first-order valence-corrected chi connectivity index (χ1v) is 7.32. The smallest absolute Gasteiger partial charge is 0.370 e. The van der Waals surface area contributed by atoms with Crippen molar-refractivity contribution in [1.29, 1.82) is 0 Å². The molecule has 0 aromatic heterocycles. The number of halogens is 5. The van der Waals surface area contributed by atoms with E-state index in [1.807, 2.05) is 0 Å². The minimum atomic E-state index is -5.64. The number of carbonyl (C=O) groups is 1. The number of nitrogens with two attached hydrogens (primary N) is 1. The molecule has 0 aliphatic heterocycles. The van der Waals surface area contributed by atoms with Crippen LogP contribution in [0.3, 0.4) is 0 Å². The summed E-state index contributed by atoms with van der Waals surface area (Å²) in [6.45, 7) is 1.79. The van der Waals surface area contributed by atoms with E-state index in [1.54, 1.807) is 6.92 Å². The lowest BCUT2D eigenvalue weighted by Crippen LogP contribution is -2.34.